The number of anilines is 1. The van der Waals surface area contributed by atoms with E-state index in [-0.39, 0.29) is 6.42 Å². The van der Waals surface area contributed by atoms with Crippen molar-refractivity contribution in [2.24, 2.45) is 0 Å². The Bertz CT molecular complexity index is 1650. The largest absolute Gasteiger partial charge is 0.487 e. The van der Waals surface area contributed by atoms with Crippen molar-refractivity contribution in [3.05, 3.63) is 83.7 Å². The summed E-state index contributed by atoms with van der Waals surface area (Å²) in [5.74, 6) is 0.231. The van der Waals surface area contributed by atoms with E-state index in [0.717, 1.165) is 56.9 Å². The van der Waals surface area contributed by atoms with Gasteiger partial charge in [0.2, 0.25) is 0 Å². The highest BCUT2D eigenvalue weighted by atomic mass is 16.5. The lowest BCUT2D eigenvalue weighted by Crippen LogP contribution is -2.21. The lowest BCUT2D eigenvalue weighted by atomic mass is 9.93. The number of aromatic nitrogens is 3. The van der Waals surface area contributed by atoms with Crippen LogP contribution in [0.1, 0.15) is 42.1 Å². The summed E-state index contributed by atoms with van der Waals surface area (Å²) < 4.78 is 8.41. The molecule has 0 spiro atoms. The minimum absolute atomic E-state index is 0.0805. The fourth-order valence-electron chi connectivity index (χ4n) is 5.18. The van der Waals surface area contributed by atoms with Crippen LogP contribution in [0.3, 0.4) is 0 Å². The van der Waals surface area contributed by atoms with Crippen molar-refractivity contribution in [3.63, 3.8) is 0 Å². The number of pyridine rings is 1. The van der Waals surface area contributed by atoms with Crippen molar-refractivity contribution in [1.82, 2.24) is 14.8 Å². The molecule has 1 saturated carbocycles. The molecule has 2 heterocycles. The molecule has 0 aliphatic heterocycles. The summed E-state index contributed by atoms with van der Waals surface area (Å²) in [5.41, 5.74) is 11.9. The maximum Gasteiger partial charge on any atom is 0.307 e. The van der Waals surface area contributed by atoms with Gasteiger partial charge < -0.3 is 15.6 Å². The summed E-state index contributed by atoms with van der Waals surface area (Å²) in [7, 11) is 0. The molecule has 5 aromatic rings. The molecule has 1 fully saturated rings. The highest BCUT2D eigenvalue weighted by Gasteiger charge is 2.25. The van der Waals surface area contributed by atoms with Gasteiger partial charge in [-0.2, -0.15) is 5.10 Å². The van der Waals surface area contributed by atoms with E-state index in [1.165, 1.54) is 6.42 Å². The smallest absolute Gasteiger partial charge is 0.307 e. The molecule has 0 bridgehead atoms. The molecule has 7 heteroatoms. The predicted molar refractivity (Wildman–Crippen MR) is 145 cm³/mol. The van der Waals surface area contributed by atoms with Gasteiger partial charge in [0.05, 0.1) is 23.7 Å². The van der Waals surface area contributed by atoms with Crippen LogP contribution >= 0.6 is 0 Å². The van der Waals surface area contributed by atoms with Gasteiger partial charge in [-0.3, -0.25) is 9.48 Å². The van der Waals surface area contributed by atoms with E-state index in [1.807, 2.05) is 43.3 Å². The molecule has 0 radical (unpaired) electrons. The summed E-state index contributed by atoms with van der Waals surface area (Å²) in [4.78, 5) is 15.7. The second-order valence-electron chi connectivity index (χ2n) is 9.78. The molecule has 1 aliphatic rings. The van der Waals surface area contributed by atoms with E-state index in [1.54, 1.807) is 6.20 Å². The normalized spacial score (nSPS) is 13.6. The van der Waals surface area contributed by atoms with E-state index in [9.17, 15) is 9.90 Å². The molecular formula is C30H28N4O3. The number of aryl methyl sites for hydroxylation is 1. The number of aliphatic carboxylic acids is 1. The van der Waals surface area contributed by atoms with Crippen molar-refractivity contribution in [1.29, 1.82) is 0 Å². The number of fused-ring (bicyclic) bond motifs is 2. The zero-order valence-electron chi connectivity index (χ0n) is 20.6. The van der Waals surface area contributed by atoms with Crippen LogP contribution in [0.15, 0.2) is 66.9 Å². The first kappa shape index (κ1) is 23.0. The maximum absolute atomic E-state index is 11.4. The average Bonchev–Trinajstić information content (AvgIpc) is 3.19. The molecule has 0 atom stereocenters. The van der Waals surface area contributed by atoms with Crippen molar-refractivity contribution < 1.29 is 14.6 Å². The Balaban J connectivity index is 1.43. The van der Waals surface area contributed by atoms with E-state index in [2.05, 4.69) is 33.9 Å². The minimum Gasteiger partial charge on any atom is -0.487 e. The zero-order valence-corrected chi connectivity index (χ0v) is 20.6. The van der Waals surface area contributed by atoms with Crippen LogP contribution in [-0.4, -0.2) is 25.8 Å². The minimum atomic E-state index is -0.879. The lowest BCUT2D eigenvalue weighted by Gasteiger charge is -2.27. The van der Waals surface area contributed by atoms with Crippen molar-refractivity contribution in [3.8, 4) is 16.9 Å². The molecule has 1 aliphatic carbocycles. The third-order valence-corrected chi connectivity index (χ3v) is 7.29. The first-order chi connectivity index (χ1) is 18.0. The maximum atomic E-state index is 11.4. The zero-order chi connectivity index (χ0) is 25.5. The van der Waals surface area contributed by atoms with Gasteiger partial charge in [-0.05, 0) is 67.0 Å². The van der Waals surface area contributed by atoms with E-state index in [0.29, 0.717) is 29.8 Å². The summed E-state index contributed by atoms with van der Waals surface area (Å²) >= 11 is 0. The Morgan fingerprint density at radius 1 is 1.08 bits per heavy atom. The predicted octanol–water partition coefficient (Wildman–Crippen LogP) is 6.07. The van der Waals surface area contributed by atoms with Crippen LogP contribution < -0.4 is 10.5 Å². The second kappa shape index (κ2) is 9.24. The quantitative estimate of drug-likeness (QED) is 0.286. The number of nitrogens with two attached hydrogens (primary N) is 1. The molecule has 37 heavy (non-hydrogen) atoms. The molecular weight excluding hydrogens is 464 g/mol. The highest BCUT2D eigenvalue weighted by molar-refractivity contribution is 6.02. The number of carboxylic acids is 1. The molecule has 7 nitrogen and oxygen atoms in total. The number of carboxylic acid groups (broad SMARTS) is 1. The first-order valence-corrected chi connectivity index (χ1v) is 12.6. The van der Waals surface area contributed by atoms with Gasteiger partial charge in [-0.1, -0.05) is 42.0 Å². The van der Waals surface area contributed by atoms with Gasteiger partial charge in [0, 0.05) is 22.5 Å². The molecule has 0 unspecified atom stereocenters. The summed E-state index contributed by atoms with van der Waals surface area (Å²) in [6, 6.07) is 20.5. The van der Waals surface area contributed by atoms with Crippen LogP contribution in [-0.2, 0) is 17.8 Å². The number of ether oxygens (including phenoxy) is 1. The van der Waals surface area contributed by atoms with Crippen LogP contribution in [0.25, 0.3) is 32.8 Å². The van der Waals surface area contributed by atoms with Crippen molar-refractivity contribution >= 4 is 33.5 Å². The Morgan fingerprint density at radius 3 is 2.73 bits per heavy atom. The average molecular weight is 493 g/mol. The number of benzene rings is 3. The van der Waals surface area contributed by atoms with Crippen LogP contribution in [0.5, 0.6) is 5.75 Å². The summed E-state index contributed by atoms with van der Waals surface area (Å²) in [6.45, 7) is 2.26. The topological polar surface area (TPSA) is 103 Å². The van der Waals surface area contributed by atoms with Crippen molar-refractivity contribution in [2.75, 3.05) is 5.73 Å². The van der Waals surface area contributed by atoms with Gasteiger partial charge >= 0.3 is 5.97 Å². The Labute approximate surface area is 214 Å². The lowest BCUT2D eigenvalue weighted by molar-refractivity contribution is -0.136. The Hall–Kier alpha value is -4.39. The van der Waals surface area contributed by atoms with Crippen LogP contribution in [0.2, 0.25) is 0 Å². The van der Waals surface area contributed by atoms with Gasteiger partial charge in [-0.15, -0.1) is 0 Å². The third-order valence-electron chi connectivity index (χ3n) is 7.29. The SMILES string of the molecule is Cc1ccc(OCc2c3cc(-c4cccc5c(N)nccc45)ccc3nn2C2CCC2)c(CC(=O)O)c1. The number of hydrogen-bond acceptors (Lipinski definition) is 5. The number of hydrogen-bond donors (Lipinski definition) is 2. The van der Waals surface area contributed by atoms with Crippen molar-refractivity contribution in [2.45, 2.75) is 45.3 Å². The summed E-state index contributed by atoms with van der Waals surface area (Å²) in [5, 5.41) is 17.4. The van der Waals surface area contributed by atoms with Crippen LogP contribution in [0.4, 0.5) is 5.82 Å². The standard InChI is InChI=1S/C30H28N4O3/c1-18-8-11-28(20(14-18)16-29(35)36)37-17-27-25-15-19(9-10-26(25)33-34(27)21-4-2-5-21)22-6-3-7-24-23(22)12-13-32-30(24)31/h3,6-15,21H,2,4-5,16-17H2,1H3,(H2,31,32)(H,35,36). The molecule has 6 rings (SSSR count). The Morgan fingerprint density at radius 2 is 1.95 bits per heavy atom. The fraction of sp³-hybridized carbons (Fsp3) is 0.233. The molecule has 186 valence electrons. The van der Waals surface area contributed by atoms with E-state index < -0.39 is 5.97 Å². The van der Waals surface area contributed by atoms with Gasteiger partial charge in [0.15, 0.2) is 0 Å². The third kappa shape index (κ3) is 4.27. The fourth-order valence-corrected chi connectivity index (χ4v) is 5.18. The first-order valence-electron chi connectivity index (χ1n) is 12.6. The van der Waals surface area contributed by atoms with Gasteiger partial charge in [0.1, 0.15) is 18.2 Å². The molecule has 0 saturated heterocycles. The molecule has 3 aromatic carbocycles. The van der Waals surface area contributed by atoms with E-state index >= 15 is 0 Å². The monoisotopic (exact) mass is 492 g/mol. The second-order valence-corrected chi connectivity index (χ2v) is 9.78. The highest BCUT2D eigenvalue weighted by Crippen LogP contribution is 2.37. The van der Waals surface area contributed by atoms with E-state index in [4.69, 9.17) is 15.6 Å². The van der Waals surface area contributed by atoms with Gasteiger partial charge in [0.25, 0.3) is 0 Å². The molecule has 0 amide bonds. The van der Waals surface area contributed by atoms with Gasteiger partial charge in [-0.25, -0.2) is 4.98 Å². The Kier molecular flexibility index (Phi) is 5.75. The number of carbonyl (C=O) groups is 1. The number of nitrogen functional groups attached to an aromatic ring is 1. The molecule has 2 aromatic heterocycles. The number of rotatable bonds is 7. The summed E-state index contributed by atoms with van der Waals surface area (Å²) in [6.07, 6.45) is 5.04. The molecule has 3 N–H and O–H groups in total. The number of nitrogens with zero attached hydrogens (tertiary/aromatic N) is 3. The van der Waals surface area contributed by atoms with Crippen LogP contribution in [0, 0.1) is 6.92 Å².